The first-order valence-corrected chi connectivity index (χ1v) is 6.68. The maximum Gasteiger partial charge on any atom is 0.144 e. The van der Waals surface area contributed by atoms with Crippen molar-refractivity contribution in [3.63, 3.8) is 0 Å². The zero-order chi connectivity index (χ0) is 12.9. The first kappa shape index (κ1) is 11.3. The Morgan fingerprint density at radius 2 is 1.94 bits per heavy atom. The van der Waals surface area contributed by atoms with E-state index in [4.69, 9.17) is 10.7 Å². The number of nitrogen functional groups attached to an aromatic ring is 1. The monoisotopic (exact) mass is 257 g/mol. The number of thiophene rings is 1. The molecule has 92 valence electrons. The Labute approximate surface area is 110 Å². The summed E-state index contributed by atoms with van der Waals surface area (Å²) in [6.45, 7) is 4.21. The third-order valence-corrected chi connectivity index (χ3v) is 4.46. The summed E-state index contributed by atoms with van der Waals surface area (Å²) in [4.78, 5) is 5.97. The number of hydrogen-bond acceptors (Lipinski definition) is 3. The average Bonchev–Trinajstić information content (AvgIpc) is 2.79. The summed E-state index contributed by atoms with van der Waals surface area (Å²) < 4.78 is 2.11. The Bertz CT molecular complexity index is 737. The Morgan fingerprint density at radius 1 is 1.22 bits per heavy atom. The molecule has 3 rings (SSSR count). The van der Waals surface area contributed by atoms with Gasteiger partial charge in [-0.2, -0.15) is 0 Å². The maximum absolute atomic E-state index is 6.13. The highest BCUT2D eigenvalue weighted by atomic mass is 32.1. The number of anilines is 1. The van der Waals surface area contributed by atoms with E-state index in [-0.39, 0.29) is 0 Å². The van der Waals surface area contributed by atoms with Crippen LogP contribution in [0, 0.1) is 13.8 Å². The summed E-state index contributed by atoms with van der Waals surface area (Å²) in [6.07, 6.45) is 0. The van der Waals surface area contributed by atoms with Gasteiger partial charge in [0.25, 0.3) is 0 Å². The summed E-state index contributed by atoms with van der Waals surface area (Å²) in [6, 6.07) is 8.15. The minimum atomic E-state index is 0.850. The van der Waals surface area contributed by atoms with Gasteiger partial charge in [-0.05, 0) is 31.5 Å². The smallest absolute Gasteiger partial charge is 0.144 e. The van der Waals surface area contributed by atoms with E-state index in [1.807, 2.05) is 25.2 Å². The van der Waals surface area contributed by atoms with Gasteiger partial charge in [-0.15, -0.1) is 11.3 Å². The van der Waals surface area contributed by atoms with Crippen molar-refractivity contribution in [2.45, 2.75) is 13.8 Å². The molecule has 18 heavy (non-hydrogen) atoms. The lowest BCUT2D eigenvalue weighted by Crippen LogP contribution is -1.95. The lowest BCUT2D eigenvalue weighted by molar-refractivity contribution is 0.959. The van der Waals surface area contributed by atoms with Gasteiger partial charge in [-0.3, -0.25) is 0 Å². The second kappa shape index (κ2) is 3.85. The molecule has 0 bridgehead atoms. The number of aryl methyl sites for hydroxylation is 2. The molecule has 4 heteroatoms. The quantitative estimate of drug-likeness (QED) is 0.725. The minimum Gasteiger partial charge on any atom is -0.390 e. The van der Waals surface area contributed by atoms with Gasteiger partial charge in [0.05, 0.1) is 21.6 Å². The molecule has 0 radical (unpaired) electrons. The molecule has 0 fully saturated rings. The summed E-state index contributed by atoms with van der Waals surface area (Å²) in [5.41, 5.74) is 10.6. The van der Waals surface area contributed by atoms with Crippen molar-refractivity contribution in [1.82, 2.24) is 9.55 Å². The normalized spacial score (nSPS) is 11.3. The summed E-state index contributed by atoms with van der Waals surface area (Å²) in [7, 11) is 2.04. The maximum atomic E-state index is 6.13. The fraction of sp³-hybridized carbons (Fsp3) is 0.214. The average molecular weight is 257 g/mol. The second-order valence-corrected chi connectivity index (χ2v) is 5.76. The summed E-state index contributed by atoms with van der Waals surface area (Å²) in [5.74, 6) is 0.954. The molecular formula is C14H15N3S. The minimum absolute atomic E-state index is 0.850. The molecule has 0 saturated carbocycles. The number of aromatic nitrogens is 2. The van der Waals surface area contributed by atoms with Crippen LogP contribution in [0.15, 0.2) is 24.3 Å². The van der Waals surface area contributed by atoms with Crippen molar-refractivity contribution in [1.29, 1.82) is 0 Å². The second-order valence-electron chi connectivity index (χ2n) is 4.51. The molecule has 0 aliphatic rings. The van der Waals surface area contributed by atoms with Crippen LogP contribution in [-0.2, 0) is 7.05 Å². The Hall–Kier alpha value is -1.81. The van der Waals surface area contributed by atoms with E-state index in [9.17, 15) is 0 Å². The lowest BCUT2D eigenvalue weighted by Gasteiger charge is -2.03. The molecule has 0 unspecified atom stereocenters. The highest BCUT2D eigenvalue weighted by Crippen LogP contribution is 2.38. The number of imidazole rings is 1. The van der Waals surface area contributed by atoms with Crippen molar-refractivity contribution in [2.75, 3.05) is 5.73 Å². The molecule has 1 aromatic carbocycles. The summed E-state index contributed by atoms with van der Waals surface area (Å²) >= 11 is 1.63. The molecule has 0 amide bonds. The van der Waals surface area contributed by atoms with Gasteiger partial charge in [0.15, 0.2) is 0 Å². The van der Waals surface area contributed by atoms with Gasteiger partial charge in [0, 0.05) is 11.9 Å². The number of nitrogens with two attached hydrogens (primary N) is 1. The van der Waals surface area contributed by atoms with Gasteiger partial charge in [0.2, 0.25) is 0 Å². The molecule has 3 aromatic rings. The Kier molecular flexibility index (Phi) is 2.41. The van der Waals surface area contributed by atoms with Crippen LogP contribution in [-0.4, -0.2) is 9.55 Å². The molecule has 3 nitrogen and oxygen atoms in total. The van der Waals surface area contributed by atoms with Gasteiger partial charge >= 0.3 is 0 Å². The van der Waals surface area contributed by atoms with Gasteiger partial charge in [0.1, 0.15) is 5.82 Å². The third kappa shape index (κ3) is 1.46. The molecule has 0 spiro atoms. The predicted octanol–water partition coefficient (Wildman–Crippen LogP) is 3.50. The van der Waals surface area contributed by atoms with E-state index < -0.39 is 0 Å². The molecule has 2 aromatic heterocycles. The van der Waals surface area contributed by atoms with Crippen LogP contribution in [0.5, 0.6) is 0 Å². The van der Waals surface area contributed by atoms with Crippen LogP contribution >= 0.6 is 11.3 Å². The number of nitrogens with zero attached hydrogens (tertiary/aromatic N) is 2. The largest absolute Gasteiger partial charge is 0.390 e. The first-order chi connectivity index (χ1) is 8.59. The van der Waals surface area contributed by atoms with Crippen LogP contribution in [0.1, 0.15) is 10.4 Å². The van der Waals surface area contributed by atoms with Gasteiger partial charge < -0.3 is 10.3 Å². The molecule has 2 N–H and O–H groups in total. The van der Waals surface area contributed by atoms with E-state index in [0.717, 1.165) is 27.4 Å². The number of para-hydroxylation sites is 2. The first-order valence-electron chi connectivity index (χ1n) is 5.87. The van der Waals surface area contributed by atoms with Gasteiger partial charge in [-0.25, -0.2) is 4.98 Å². The summed E-state index contributed by atoms with van der Waals surface area (Å²) in [5, 5.41) is 0.850. The Morgan fingerprint density at radius 3 is 2.56 bits per heavy atom. The Balaban J connectivity index is 2.35. The van der Waals surface area contributed by atoms with E-state index >= 15 is 0 Å². The van der Waals surface area contributed by atoms with E-state index in [1.54, 1.807) is 11.3 Å². The standard InChI is InChI=1S/C14H15N3S/c1-8-9(2)18-13(15)12(8)14-16-10-6-4-5-7-11(10)17(14)3/h4-7H,15H2,1-3H3. The number of rotatable bonds is 1. The van der Waals surface area contributed by atoms with Crippen molar-refractivity contribution >= 4 is 27.4 Å². The highest BCUT2D eigenvalue weighted by Gasteiger charge is 2.17. The molecule has 0 aliphatic carbocycles. The van der Waals surface area contributed by atoms with Crippen molar-refractivity contribution in [3.8, 4) is 11.4 Å². The predicted molar refractivity (Wildman–Crippen MR) is 77.9 cm³/mol. The molecule has 0 atom stereocenters. The third-order valence-electron chi connectivity index (χ3n) is 3.42. The van der Waals surface area contributed by atoms with Crippen molar-refractivity contribution in [2.24, 2.45) is 7.05 Å². The molecule has 2 heterocycles. The molecule has 0 saturated heterocycles. The van der Waals surface area contributed by atoms with Crippen molar-refractivity contribution < 1.29 is 0 Å². The van der Waals surface area contributed by atoms with Crippen molar-refractivity contribution in [3.05, 3.63) is 34.7 Å². The highest BCUT2D eigenvalue weighted by molar-refractivity contribution is 7.16. The number of hydrogen-bond donors (Lipinski definition) is 1. The van der Waals surface area contributed by atoms with Crippen LogP contribution < -0.4 is 5.73 Å². The van der Waals surface area contributed by atoms with Crippen LogP contribution in [0.25, 0.3) is 22.4 Å². The number of benzene rings is 1. The van der Waals surface area contributed by atoms with Crippen LogP contribution in [0.3, 0.4) is 0 Å². The fourth-order valence-corrected chi connectivity index (χ4v) is 3.23. The SMILES string of the molecule is Cc1sc(N)c(-c2nc3ccccc3n2C)c1C. The molecule has 0 aliphatic heterocycles. The molecular weight excluding hydrogens is 242 g/mol. The lowest BCUT2D eigenvalue weighted by atomic mass is 10.1. The van der Waals surface area contributed by atoms with E-state index in [0.29, 0.717) is 0 Å². The fourth-order valence-electron chi connectivity index (χ4n) is 2.30. The van der Waals surface area contributed by atoms with Gasteiger partial charge in [-0.1, -0.05) is 12.1 Å². The topological polar surface area (TPSA) is 43.8 Å². The number of fused-ring (bicyclic) bond motifs is 1. The van der Waals surface area contributed by atoms with Crippen LogP contribution in [0.4, 0.5) is 5.00 Å². The zero-order valence-corrected chi connectivity index (χ0v) is 11.5. The zero-order valence-electron chi connectivity index (χ0n) is 10.7. The van der Waals surface area contributed by atoms with E-state index in [1.165, 1.54) is 10.4 Å². The van der Waals surface area contributed by atoms with Crippen LogP contribution in [0.2, 0.25) is 0 Å². The van der Waals surface area contributed by atoms with E-state index in [2.05, 4.69) is 24.5 Å².